The minimum absolute atomic E-state index is 1.02. The Hall–Kier alpha value is -2.93. The van der Waals surface area contributed by atoms with E-state index < -0.39 is 0 Å². The summed E-state index contributed by atoms with van der Waals surface area (Å²) in [6.07, 6.45) is 2.07. The second kappa shape index (κ2) is 6.67. The van der Waals surface area contributed by atoms with E-state index in [1.54, 1.807) is 0 Å². The summed E-state index contributed by atoms with van der Waals surface area (Å²) in [5, 5.41) is 1.26. The highest BCUT2D eigenvalue weighted by molar-refractivity contribution is 5.85. The van der Waals surface area contributed by atoms with Gasteiger partial charge in [-0.05, 0) is 36.1 Å². The third-order valence-corrected chi connectivity index (χ3v) is 4.40. The van der Waals surface area contributed by atoms with Gasteiger partial charge in [0.05, 0.1) is 11.2 Å². The van der Waals surface area contributed by atoms with Crippen molar-refractivity contribution < 1.29 is 0 Å². The Labute approximate surface area is 142 Å². The van der Waals surface area contributed by atoms with E-state index in [1.807, 2.05) is 6.07 Å². The van der Waals surface area contributed by atoms with Crippen molar-refractivity contribution in [2.75, 3.05) is 0 Å². The van der Waals surface area contributed by atoms with Gasteiger partial charge < -0.3 is 0 Å². The summed E-state index contributed by atoms with van der Waals surface area (Å²) in [6.45, 7) is 0. The van der Waals surface area contributed by atoms with E-state index in [0.29, 0.717) is 0 Å². The van der Waals surface area contributed by atoms with Crippen molar-refractivity contribution in [3.05, 3.63) is 102 Å². The Morgan fingerprint density at radius 3 is 2.08 bits per heavy atom. The van der Waals surface area contributed by atoms with Gasteiger partial charge in [0.2, 0.25) is 0 Å². The molecule has 1 heteroatoms. The minimum atomic E-state index is 1.02. The van der Waals surface area contributed by atoms with Gasteiger partial charge in [0.25, 0.3) is 0 Å². The second-order valence-electron chi connectivity index (χ2n) is 6.04. The van der Waals surface area contributed by atoms with Crippen molar-refractivity contribution >= 4 is 10.9 Å². The predicted octanol–water partition coefficient (Wildman–Crippen LogP) is 5.69. The summed E-state index contributed by atoms with van der Waals surface area (Å²) in [4.78, 5) is 4.86. The summed E-state index contributed by atoms with van der Waals surface area (Å²) in [5.41, 5.74) is 6.03. The number of benzene rings is 3. The Balaban J connectivity index is 1.75. The monoisotopic (exact) mass is 309 g/mol. The zero-order valence-electron chi connectivity index (χ0n) is 13.5. The number of pyridine rings is 1. The highest BCUT2D eigenvalue weighted by Gasteiger charge is 2.07. The Morgan fingerprint density at radius 2 is 1.29 bits per heavy atom. The second-order valence-corrected chi connectivity index (χ2v) is 6.04. The molecule has 0 spiro atoms. The molecule has 0 N–H and O–H groups in total. The van der Waals surface area contributed by atoms with Gasteiger partial charge in [-0.3, -0.25) is 0 Å². The van der Waals surface area contributed by atoms with Crippen molar-refractivity contribution in [2.45, 2.75) is 12.8 Å². The van der Waals surface area contributed by atoms with Crippen LogP contribution in [0.2, 0.25) is 0 Å². The molecule has 0 atom stereocenters. The van der Waals surface area contributed by atoms with Crippen LogP contribution in [0, 0.1) is 0 Å². The molecule has 0 aliphatic carbocycles. The number of aryl methyl sites for hydroxylation is 2. The number of hydrogen-bond acceptors (Lipinski definition) is 1. The molecule has 1 aromatic heterocycles. The van der Waals surface area contributed by atoms with Crippen LogP contribution in [0.5, 0.6) is 0 Å². The molecule has 0 radical (unpaired) electrons. The topological polar surface area (TPSA) is 12.9 Å². The first-order valence-corrected chi connectivity index (χ1v) is 8.38. The highest BCUT2D eigenvalue weighted by Crippen LogP contribution is 2.25. The van der Waals surface area contributed by atoms with E-state index in [0.717, 1.165) is 24.1 Å². The molecule has 0 saturated heterocycles. The fourth-order valence-corrected chi connectivity index (χ4v) is 3.13. The fraction of sp³-hybridized carbons (Fsp3) is 0.0870. The molecule has 1 heterocycles. The van der Waals surface area contributed by atoms with Crippen molar-refractivity contribution in [1.82, 2.24) is 4.98 Å². The van der Waals surface area contributed by atoms with Gasteiger partial charge in [0, 0.05) is 10.9 Å². The Bertz CT molecular complexity index is 943. The van der Waals surface area contributed by atoms with Crippen LogP contribution in [0.3, 0.4) is 0 Å². The standard InChI is InChI=1S/C23H19N/c1-3-9-18(10-4-1)15-16-20-17-23(19-11-5-2-6-12-19)24-22-14-8-7-13-21(20)22/h1-14,17H,15-16H2. The molecule has 0 amide bonds. The number of nitrogens with zero attached hydrogens (tertiary/aromatic N) is 1. The first kappa shape index (κ1) is 14.6. The fourth-order valence-electron chi connectivity index (χ4n) is 3.13. The van der Waals surface area contributed by atoms with E-state index in [1.165, 1.54) is 22.1 Å². The molecule has 4 aromatic rings. The van der Waals surface area contributed by atoms with Gasteiger partial charge in [-0.25, -0.2) is 4.98 Å². The van der Waals surface area contributed by atoms with Gasteiger partial charge in [-0.15, -0.1) is 0 Å². The van der Waals surface area contributed by atoms with Gasteiger partial charge in [-0.2, -0.15) is 0 Å². The van der Waals surface area contributed by atoms with Crippen LogP contribution in [-0.2, 0) is 12.8 Å². The Morgan fingerprint density at radius 1 is 0.625 bits per heavy atom. The SMILES string of the molecule is c1ccc(CCc2cc(-c3ccccc3)nc3ccccc23)cc1. The molecule has 0 aliphatic rings. The first-order chi connectivity index (χ1) is 11.9. The molecule has 0 bridgehead atoms. The normalized spacial score (nSPS) is 10.8. The smallest absolute Gasteiger partial charge is 0.0712 e. The molecule has 0 aliphatic heterocycles. The quantitative estimate of drug-likeness (QED) is 0.472. The lowest BCUT2D eigenvalue weighted by Gasteiger charge is -2.10. The van der Waals surface area contributed by atoms with E-state index in [2.05, 4.69) is 84.9 Å². The third kappa shape index (κ3) is 3.07. The lowest BCUT2D eigenvalue weighted by molar-refractivity contribution is 0.967. The van der Waals surface area contributed by atoms with Gasteiger partial charge in [0.1, 0.15) is 0 Å². The number of fused-ring (bicyclic) bond motifs is 1. The number of aromatic nitrogens is 1. The predicted molar refractivity (Wildman–Crippen MR) is 101 cm³/mol. The molecule has 0 saturated carbocycles. The van der Waals surface area contributed by atoms with Gasteiger partial charge >= 0.3 is 0 Å². The summed E-state index contributed by atoms with van der Waals surface area (Å²) >= 11 is 0. The maximum absolute atomic E-state index is 4.86. The van der Waals surface area contributed by atoms with Crippen molar-refractivity contribution in [3.63, 3.8) is 0 Å². The highest BCUT2D eigenvalue weighted by atomic mass is 14.7. The van der Waals surface area contributed by atoms with Gasteiger partial charge in [-0.1, -0.05) is 78.9 Å². The minimum Gasteiger partial charge on any atom is -0.248 e. The van der Waals surface area contributed by atoms with E-state index in [4.69, 9.17) is 4.98 Å². The summed E-state index contributed by atoms with van der Waals surface area (Å²) < 4.78 is 0. The molecular weight excluding hydrogens is 290 g/mol. The Kier molecular flexibility index (Phi) is 4.07. The van der Waals surface area contributed by atoms with E-state index >= 15 is 0 Å². The third-order valence-electron chi connectivity index (χ3n) is 4.40. The first-order valence-electron chi connectivity index (χ1n) is 8.38. The molecule has 0 unspecified atom stereocenters. The van der Waals surface area contributed by atoms with Crippen LogP contribution in [0.15, 0.2) is 91.0 Å². The maximum Gasteiger partial charge on any atom is 0.0712 e. The molecule has 116 valence electrons. The van der Waals surface area contributed by atoms with E-state index in [-0.39, 0.29) is 0 Å². The van der Waals surface area contributed by atoms with Crippen LogP contribution >= 0.6 is 0 Å². The zero-order chi connectivity index (χ0) is 16.2. The molecule has 1 nitrogen and oxygen atoms in total. The summed E-state index contributed by atoms with van der Waals surface area (Å²) in [6, 6.07) is 31.8. The van der Waals surface area contributed by atoms with Crippen LogP contribution in [0.25, 0.3) is 22.2 Å². The van der Waals surface area contributed by atoms with Crippen molar-refractivity contribution in [3.8, 4) is 11.3 Å². The number of para-hydroxylation sites is 1. The molecule has 0 fully saturated rings. The summed E-state index contributed by atoms with van der Waals surface area (Å²) in [5.74, 6) is 0. The molecule has 24 heavy (non-hydrogen) atoms. The maximum atomic E-state index is 4.86. The lowest BCUT2D eigenvalue weighted by Crippen LogP contribution is -1.96. The number of hydrogen-bond donors (Lipinski definition) is 0. The van der Waals surface area contributed by atoms with Crippen molar-refractivity contribution in [2.24, 2.45) is 0 Å². The largest absolute Gasteiger partial charge is 0.248 e. The number of rotatable bonds is 4. The van der Waals surface area contributed by atoms with Crippen LogP contribution in [-0.4, -0.2) is 4.98 Å². The average molecular weight is 309 g/mol. The van der Waals surface area contributed by atoms with E-state index in [9.17, 15) is 0 Å². The lowest BCUT2D eigenvalue weighted by atomic mass is 9.98. The summed E-state index contributed by atoms with van der Waals surface area (Å²) in [7, 11) is 0. The van der Waals surface area contributed by atoms with Crippen LogP contribution in [0.1, 0.15) is 11.1 Å². The van der Waals surface area contributed by atoms with Crippen LogP contribution < -0.4 is 0 Å². The van der Waals surface area contributed by atoms with Crippen LogP contribution in [0.4, 0.5) is 0 Å². The molecular formula is C23H19N. The van der Waals surface area contributed by atoms with Crippen molar-refractivity contribution in [1.29, 1.82) is 0 Å². The zero-order valence-corrected chi connectivity index (χ0v) is 13.5. The van der Waals surface area contributed by atoms with Gasteiger partial charge in [0.15, 0.2) is 0 Å². The molecule has 4 rings (SSSR count). The molecule has 3 aromatic carbocycles. The average Bonchev–Trinajstić information content (AvgIpc) is 2.67.